The molecule has 0 radical (unpaired) electrons. The van der Waals surface area contributed by atoms with Crippen LogP contribution < -0.4 is 9.47 Å². The highest BCUT2D eigenvalue weighted by atomic mass is 16.5. The van der Waals surface area contributed by atoms with Gasteiger partial charge in [-0.25, -0.2) is 0 Å². The zero-order chi connectivity index (χ0) is 14.4. The van der Waals surface area contributed by atoms with Crippen LogP contribution in [0.1, 0.15) is 24.2 Å². The normalized spacial score (nSPS) is 9.89. The Balaban J connectivity index is 3.27. The van der Waals surface area contributed by atoms with Gasteiger partial charge in [-0.05, 0) is 26.0 Å². The maximum Gasteiger partial charge on any atom is 0.262 e. The van der Waals surface area contributed by atoms with E-state index < -0.39 is 0 Å². The maximum atomic E-state index is 12.6. The fourth-order valence-electron chi connectivity index (χ4n) is 1.77. The average molecular weight is 262 g/mol. The molecule has 1 amide bonds. The molecular formula is C14H18N2O3. The molecule has 0 saturated carbocycles. The van der Waals surface area contributed by atoms with Crippen LogP contribution in [0, 0.1) is 11.3 Å². The Morgan fingerprint density at radius 1 is 1.32 bits per heavy atom. The number of nitriles is 1. The van der Waals surface area contributed by atoms with Crippen molar-refractivity contribution >= 4 is 5.91 Å². The monoisotopic (exact) mass is 262 g/mol. The minimum Gasteiger partial charge on any atom is -0.496 e. The minimum absolute atomic E-state index is 0.0255. The van der Waals surface area contributed by atoms with Gasteiger partial charge < -0.3 is 14.4 Å². The molecule has 0 aliphatic heterocycles. The average Bonchev–Trinajstić information content (AvgIpc) is 2.42. The van der Waals surface area contributed by atoms with E-state index in [4.69, 9.17) is 14.7 Å². The molecule has 1 rings (SSSR count). The molecule has 5 heteroatoms. The number of methoxy groups -OCH3 is 2. The number of nitrogens with zero attached hydrogens (tertiary/aromatic N) is 2. The molecule has 0 unspecified atom stereocenters. The summed E-state index contributed by atoms with van der Waals surface area (Å²) in [5, 5.41) is 8.83. The van der Waals surface area contributed by atoms with Crippen LogP contribution in [0.15, 0.2) is 18.2 Å². The van der Waals surface area contributed by atoms with E-state index in [1.165, 1.54) is 19.1 Å². The van der Waals surface area contributed by atoms with E-state index >= 15 is 0 Å². The molecular weight excluding hydrogens is 244 g/mol. The fourth-order valence-corrected chi connectivity index (χ4v) is 1.77. The Kier molecular flexibility index (Phi) is 5.19. The summed E-state index contributed by atoms with van der Waals surface area (Å²) in [6.07, 6.45) is 0. The number of hydrogen-bond acceptors (Lipinski definition) is 4. The predicted octanol–water partition coefficient (Wildman–Crippen LogP) is 2.08. The highest BCUT2D eigenvalue weighted by molar-refractivity contribution is 6.00. The first-order chi connectivity index (χ1) is 9.06. The second-order valence-corrected chi connectivity index (χ2v) is 4.22. The van der Waals surface area contributed by atoms with E-state index in [2.05, 4.69) is 0 Å². The highest BCUT2D eigenvalue weighted by Gasteiger charge is 2.25. The van der Waals surface area contributed by atoms with E-state index in [-0.39, 0.29) is 18.5 Å². The molecule has 0 spiro atoms. The molecule has 0 saturated heterocycles. The summed E-state index contributed by atoms with van der Waals surface area (Å²) in [5.41, 5.74) is 0.344. The van der Waals surface area contributed by atoms with Gasteiger partial charge in [-0.15, -0.1) is 0 Å². The first-order valence-corrected chi connectivity index (χ1v) is 5.95. The highest BCUT2D eigenvalue weighted by Crippen LogP contribution is 2.29. The second-order valence-electron chi connectivity index (χ2n) is 4.22. The third-order valence-electron chi connectivity index (χ3n) is 2.77. The number of rotatable bonds is 5. The van der Waals surface area contributed by atoms with Crippen LogP contribution in [0.25, 0.3) is 0 Å². The van der Waals surface area contributed by atoms with E-state index in [0.717, 1.165) is 0 Å². The van der Waals surface area contributed by atoms with Crippen LogP contribution in [-0.4, -0.2) is 37.6 Å². The van der Waals surface area contributed by atoms with Gasteiger partial charge in [-0.1, -0.05) is 6.07 Å². The number of carbonyl (C=O) groups excluding carboxylic acids is 1. The summed E-state index contributed by atoms with van der Waals surface area (Å²) in [7, 11) is 2.99. The summed E-state index contributed by atoms with van der Waals surface area (Å²) >= 11 is 0. The molecule has 0 heterocycles. The molecule has 102 valence electrons. The first-order valence-electron chi connectivity index (χ1n) is 5.95. The zero-order valence-electron chi connectivity index (χ0n) is 11.6. The third-order valence-corrected chi connectivity index (χ3v) is 2.77. The quantitative estimate of drug-likeness (QED) is 0.762. The summed E-state index contributed by atoms with van der Waals surface area (Å²) in [6, 6.07) is 7.06. The lowest BCUT2D eigenvalue weighted by atomic mass is 10.1. The van der Waals surface area contributed by atoms with Crippen LogP contribution >= 0.6 is 0 Å². The zero-order valence-corrected chi connectivity index (χ0v) is 11.6. The van der Waals surface area contributed by atoms with Crippen molar-refractivity contribution in [3.05, 3.63) is 23.8 Å². The summed E-state index contributed by atoms with van der Waals surface area (Å²) in [6.45, 7) is 3.74. The SMILES string of the molecule is COc1cccc(OC)c1C(=O)N(CC#N)C(C)C. The molecule has 0 bridgehead atoms. The van der Waals surface area contributed by atoms with Gasteiger partial charge in [0.1, 0.15) is 23.6 Å². The van der Waals surface area contributed by atoms with Crippen molar-refractivity contribution in [3.63, 3.8) is 0 Å². The Morgan fingerprint density at radius 3 is 2.21 bits per heavy atom. The van der Waals surface area contributed by atoms with Crippen molar-refractivity contribution < 1.29 is 14.3 Å². The number of hydrogen-bond donors (Lipinski definition) is 0. The Bertz CT molecular complexity index is 470. The second kappa shape index (κ2) is 6.64. The van der Waals surface area contributed by atoms with Gasteiger partial charge in [0.2, 0.25) is 0 Å². The van der Waals surface area contributed by atoms with Gasteiger partial charge in [0.15, 0.2) is 0 Å². The van der Waals surface area contributed by atoms with Crippen molar-refractivity contribution in [2.45, 2.75) is 19.9 Å². The van der Waals surface area contributed by atoms with E-state index in [0.29, 0.717) is 17.1 Å². The Morgan fingerprint density at radius 2 is 1.84 bits per heavy atom. The molecule has 0 N–H and O–H groups in total. The van der Waals surface area contributed by atoms with Crippen molar-refractivity contribution in [2.24, 2.45) is 0 Å². The fraction of sp³-hybridized carbons (Fsp3) is 0.429. The van der Waals surface area contributed by atoms with Crippen molar-refractivity contribution in [1.82, 2.24) is 4.90 Å². The van der Waals surface area contributed by atoms with Gasteiger partial charge in [-0.3, -0.25) is 4.79 Å². The summed E-state index contributed by atoms with van der Waals surface area (Å²) in [4.78, 5) is 14.0. The van der Waals surface area contributed by atoms with E-state index in [9.17, 15) is 4.79 Å². The molecule has 1 aromatic rings. The predicted molar refractivity (Wildman–Crippen MR) is 71.3 cm³/mol. The minimum atomic E-state index is -0.272. The molecule has 0 atom stereocenters. The third kappa shape index (κ3) is 3.16. The van der Waals surface area contributed by atoms with Gasteiger partial charge >= 0.3 is 0 Å². The maximum absolute atomic E-state index is 12.6. The number of benzene rings is 1. The van der Waals surface area contributed by atoms with Crippen LogP contribution in [0.2, 0.25) is 0 Å². The van der Waals surface area contributed by atoms with Crippen molar-refractivity contribution in [3.8, 4) is 17.6 Å². The molecule has 0 aliphatic rings. The van der Waals surface area contributed by atoms with Gasteiger partial charge in [-0.2, -0.15) is 5.26 Å². The number of ether oxygens (including phenoxy) is 2. The molecule has 1 aromatic carbocycles. The lowest BCUT2D eigenvalue weighted by Crippen LogP contribution is -2.37. The lowest BCUT2D eigenvalue weighted by molar-refractivity contribution is 0.0724. The first kappa shape index (κ1) is 14.8. The van der Waals surface area contributed by atoms with E-state index in [1.54, 1.807) is 18.2 Å². The summed E-state index contributed by atoms with van der Waals surface area (Å²) in [5.74, 6) is 0.603. The lowest BCUT2D eigenvalue weighted by Gasteiger charge is -2.25. The molecule has 0 aliphatic carbocycles. The van der Waals surface area contributed by atoms with Gasteiger partial charge in [0.05, 0.1) is 20.3 Å². The molecule has 0 fully saturated rings. The van der Waals surface area contributed by atoms with Crippen LogP contribution in [0.3, 0.4) is 0 Å². The molecule has 19 heavy (non-hydrogen) atoms. The van der Waals surface area contributed by atoms with Crippen molar-refractivity contribution in [2.75, 3.05) is 20.8 Å². The Labute approximate surface area is 113 Å². The van der Waals surface area contributed by atoms with Crippen LogP contribution in [-0.2, 0) is 0 Å². The van der Waals surface area contributed by atoms with Crippen molar-refractivity contribution in [1.29, 1.82) is 5.26 Å². The molecule has 5 nitrogen and oxygen atoms in total. The Hall–Kier alpha value is -2.22. The smallest absolute Gasteiger partial charge is 0.262 e. The number of amides is 1. The van der Waals surface area contributed by atoms with Crippen LogP contribution in [0.4, 0.5) is 0 Å². The summed E-state index contributed by atoms with van der Waals surface area (Å²) < 4.78 is 10.4. The van der Waals surface area contributed by atoms with Gasteiger partial charge in [0, 0.05) is 6.04 Å². The largest absolute Gasteiger partial charge is 0.496 e. The van der Waals surface area contributed by atoms with Crippen LogP contribution in [0.5, 0.6) is 11.5 Å². The number of carbonyl (C=O) groups is 1. The molecule has 0 aromatic heterocycles. The van der Waals surface area contributed by atoms with Gasteiger partial charge in [0.25, 0.3) is 5.91 Å². The van der Waals surface area contributed by atoms with E-state index in [1.807, 2.05) is 19.9 Å². The standard InChI is InChI=1S/C14H18N2O3/c1-10(2)16(9-8-15)14(17)13-11(18-3)6-5-7-12(13)19-4/h5-7,10H,9H2,1-4H3. The topological polar surface area (TPSA) is 62.6 Å².